The summed E-state index contributed by atoms with van der Waals surface area (Å²) in [7, 11) is 0. The highest BCUT2D eigenvalue weighted by molar-refractivity contribution is 9.11. The number of hydrogen-bond donors (Lipinski definition) is 0. The molecule has 1 aliphatic carbocycles. The maximum Gasteiger partial charge on any atom is 0.205 e. The van der Waals surface area contributed by atoms with Gasteiger partial charge in [-0.25, -0.2) is 0 Å². The summed E-state index contributed by atoms with van der Waals surface area (Å²) in [6.07, 6.45) is 0. The van der Waals surface area contributed by atoms with Crippen LogP contribution in [-0.2, 0) is 0 Å². The zero-order valence-electron chi connectivity index (χ0n) is 25.4. The van der Waals surface area contributed by atoms with E-state index in [1.165, 1.54) is 86.6 Å². The van der Waals surface area contributed by atoms with Gasteiger partial charge in [0.2, 0.25) is 11.6 Å². The molecule has 0 saturated carbocycles. The average Bonchev–Trinajstić information content (AvgIpc) is 3.90. The van der Waals surface area contributed by atoms with E-state index < -0.39 is 0 Å². The van der Waals surface area contributed by atoms with E-state index >= 15 is 0 Å². The predicted molar refractivity (Wildman–Crippen MR) is 229 cm³/mol. The monoisotopic (exact) mass is 974 g/mol. The molecule has 242 valence electrons. The second-order valence-electron chi connectivity index (χ2n) is 11.7. The van der Waals surface area contributed by atoms with E-state index in [-0.39, 0.29) is 11.6 Å². The molecule has 5 aromatic carbocycles. The second kappa shape index (κ2) is 13.0. The number of carbonyl (C=O) groups excluding carboxylic acids is 2. The lowest BCUT2D eigenvalue weighted by Gasteiger charge is -2.13. The molecule has 4 heterocycles. The summed E-state index contributed by atoms with van der Waals surface area (Å²) < 4.78 is 6.58. The van der Waals surface area contributed by atoms with Crippen LogP contribution >= 0.6 is 109 Å². The van der Waals surface area contributed by atoms with E-state index in [4.69, 9.17) is 0 Å². The van der Waals surface area contributed by atoms with Crippen LogP contribution in [0.3, 0.4) is 0 Å². The molecular weight excluding hydrogens is 960 g/mol. The fourth-order valence-corrected chi connectivity index (χ4v) is 13.1. The van der Waals surface area contributed by atoms with Crippen LogP contribution in [-0.4, -0.2) is 11.6 Å². The second-order valence-corrected chi connectivity index (χ2v) is 21.4. The molecule has 0 fully saturated rings. The molecule has 9 aromatic rings. The summed E-state index contributed by atoms with van der Waals surface area (Å²) in [5, 5.41) is 7.68. The smallest absolute Gasteiger partial charge is 0.205 e. The maximum atomic E-state index is 12.1. The topological polar surface area (TPSA) is 34.1 Å². The van der Waals surface area contributed by atoms with Gasteiger partial charge in [0.1, 0.15) is 0 Å². The van der Waals surface area contributed by atoms with Crippen molar-refractivity contribution in [2.45, 2.75) is 0 Å². The molecule has 0 spiro atoms. The minimum Gasteiger partial charge on any atom is -0.288 e. The largest absolute Gasteiger partial charge is 0.288 e. The van der Waals surface area contributed by atoms with E-state index in [0.29, 0.717) is 20.9 Å². The van der Waals surface area contributed by atoms with E-state index in [1.807, 2.05) is 22.7 Å². The number of halogens is 4. The SMILES string of the molecule is Brc1cc2c(-c3ccc4ccccc4c3)c3sc(Br)cc3c(-c3ccc4ccccc4c3)c2s1.O=C1c2cc(Br)sc2C(=O)c2cc(Br)sc21. The Morgan fingerprint density at radius 1 is 0.400 bits per heavy atom. The lowest BCUT2D eigenvalue weighted by atomic mass is 9.92. The Bertz CT molecular complexity index is 2580. The number of rotatable bonds is 2. The normalized spacial score (nSPS) is 12.5. The Morgan fingerprint density at radius 3 is 1.20 bits per heavy atom. The van der Waals surface area contributed by atoms with Gasteiger partial charge in [-0.05, 0) is 133 Å². The highest BCUT2D eigenvalue weighted by atomic mass is 79.9. The van der Waals surface area contributed by atoms with Crippen LogP contribution < -0.4 is 0 Å². The van der Waals surface area contributed by atoms with Crippen LogP contribution in [0.4, 0.5) is 0 Å². The van der Waals surface area contributed by atoms with Crippen LogP contribution in [0, 0.1) is 0 Å². The first kappa shape index (κ1) is 33.1. The highest BCUT2D eigenvalue weighted by Gasteiger charge is 2.33. The first-order valence-corrected chi connectivity index (χ1v) is 21.7. The summed E-state index contributed by atoms with van der Waals surface area (Å²) in [5.41, 5.74) is 6.19. The van der Waals surface area contributed by atoms with Crippen molar-refractivity contribution in [2.75, 3.05) is 0 Å². The molecule has 10 heteroatoms. The molecule has 0 N–H and O–H groups in total. The van der Waals surface area contributed by atoms with Gasteiger partial charge >= 0.3 is 0 Å². The van der Waals surface area contributed by atoms with E-state index in [1.54, 1.807) is 12.1 Å². The summed E-state index contributed by atoms with van der Waals surface area (Å²) in [6.45, 7) is 0. The zero-order chi connectivity index (χ0) is 34.3. The summed E-state index contributed by atoms with van der Waals surface area (Å²) in [6, 6.07) is 38.9. The molecule has 0 radical (unpaired) electrons. The molecule has 0 aliphatic heterocycles. The van der Waals surface area contributed by atoms with Gasteiger partial charge in [0.15, 0.2) is 0 Å². The van der Waals surface area contributed by atoms with Crippen molar-refractivity contribution in [1.29, 1.82) is 0 Å². The minimum atomic E-state index is -0.0535. The molecule has 0 saturated heterocycles. The fourth-order valence-electron chi connectivity index (χ4n) is 6.61. The molecule has 0 amide bonds. The van der Waals surface area contributed by atoms with Gasteiger partial charge in [-0.3, -0.25) is 9.59 Å². The third kappa shape index (κ3) is 5.63. The van der Waals surface area contributed by atoms with E-state index in [9.17, 15) is 9.59 Å². The number of hydrogen-bond acceptors (Lipinski definition) is 6. The molecule has 1 aliphatic rings. The van der Waals surface area contributed by atoms with Crippen LogP contribution in [0.15, 0.2) is 124 Å². The summed E-state index contributed by atoms with van der Waals surface area (Å²) in [4.78, 5) is 25.3. The molecule has 2 nitrogen and oxygen atoms in total. The first-order chi connectivity index (χ1) is 24.2. The van der Waals surface area contributed by atoms with E-state index in [0.717, 1.165) is 15.1 Å². The summed E-state index contributed by atoms with van der Waals surface area (Å²) in [5.74, 6) is -0.107. The Morgan fingerprint density at radius 2 is 0.780 bits per heavy atom. The van der Waals surface area contributed by atoms with Crippen molar-refractivity contribution in [1.82, 2.24) is 0 Å². The molecule has 10 rings (SSSR count). The average molecular weight is 978 g/mol. The van der Waals surface area contributed by atoms with E-state index in [2.05, 4.69) is 161 Å². The number of carbonyl (C=O) groups is 2. The van der Waals surface area contributed by atoms with Gasteiger partial charge in [0.05, 0.1) is 24.9 Å². The van der Waals surface area contributed by atoms with Crippen molar-refractivity contribution in [2.24, 2.45) is 0 Å². The number of thiophene rings is 4. The van der Waals surface area contributed by atoms with Crippen molar-refractivity contribution < 1.29 is 9.59 Å². The maximum absolute atomic E-state index is 12.1. The molecule has 0 bridgehead atoms. The van der Waals surface area contributed by atoms with Gasteiger partial charge in [-0.1, -0.05) is 72.8 Å². The van der Waals surface area contributed by atoms with Crippen LogP contribution in [0.5, 0.6) is 0 Å². The molecule has 50 heavy (non-hydrogen) atoms. The number of ketones is 2. The molecule has 4 aromatic heterocycles. The standard InChI is InChI=1S/C30H16Br2S2.C10H2Br2O2S2/c31-25-15-23-27(21-11-9-17-5-1-3-7-19(17)13-21)29-24(16-26(32)33-29)28(30(23)34-25)22-12-10-18-6-2-4-8-20(18)14-22;11-5-1-3-7(13)10-4(2-6(12)16-10)8(14)9(3)15-5/h1-16H;1-2H. The van der Waals surface area contributed by atoms with Crippen LogP contribution in [0.1, 0.15) is 30.5 Å². The quantitative estimate of drug-likeness (QED) is 0.173. The third-order valence-electron chi connectivity index (χ3n) is 8.78. The first-order valence-electron chi connectivity index (χ1n) is 15.2. The van der Waals surface area contributed by atoms with Crippen molar-refractivity contribution in [3.8, 4) is 22.3 Å². The molecular formula is C40H18Br4O2S4. The summed E-state index contributed by atoms with van der Waals surface area (Å²) >= 11 is 20.5. The molecule has 0 unspecified atom stereocenters. The van der Waals surface area contributed by atoms with Gasteiger partial charge in [0, 0.05) is 42.4 Å². The van der Waals surface area contributed by atoms with Gasteiger partial charge in [-0.15, -0.1) is 45.3 Å². The Balaban J connectivity index is 0.000000176. The van der Waals surface area contributed by atoms with Crippen molar-refractivity contribution in [3.05, 3.63) is 145 Å². The highest BCUT2D eigenvalue weighted by Crippen LogP contribution is 2.51. The van der Waals surface area contributed by atoms with Gasteiger partial charge in [-0.2, -0.15) is 0 Å². The Kier molecular flexibility index (Phi) is 8.60. The van der Waals surface area contributed by atoms with Gasteiger partial charge < -0.3 is 0 Å². The van der Waals surface area contributed by atoms with Crippen LogP contribution in [0.2, 0.25) is 0 Å². The Labute approximate surface area is 335 Å². The van der Waals surface area contributed by atoms with Crippen molar-refractivity contribution >= 4 is 162 Å². The predicted octanol–water partition coefficient (Wildman–Crippen LogP) is 15.4. The number of fused-ring (bicyclic) bond motifs is 6. The van der Waals surface area contributed by atoms with Gasteiger partial charge in [0.25, 0.3) is 0 Å². The number of benzene rings is 5. The fraction of sp³-hybridized carbons (Fsp3) is 0. The molecule has 0 atom stereocenters. The lowest BCUT2D eigenvalue weighted by molar-refractivity contribution is 0.0986. The third-order valence-corrected chi connectivity index (χ3v) is 15.4. The lowest BCUT2D eigenvalue weighted by Crippen LogP contribution is -2.15. The van der Waals surface area contributed by atoms with Crippen LogP contribution in [0.25, 0.3) is 64.0 Å². The Hall–Kier alpha value is -2.80. The zero-order valence-corrected chi connectivity index (χ0v) is 35.0. The van der Waals surface area contributed by atoms with Crippen molar-refractivity contribution in [3.63, 3.8) is 0 Å². The minimum absolute atomic E-state index is 0.0535.